The molecule has 3 aromatic heterocycles. The van der Waals surface area contributed by atoms with Crippen LogP contribution < -0.4 is 5.32 Å². The number of carbonyl (C=O) groups excluding carboxylic acids is 1. The quantitative estimate of drug-likeness (QED) is 0.690. The van der Waals surface area contributed by atoms with Gasteiger partial charge in [0, 0.05) is 55.3 Å². The van der Waals surface area contributed by atoms with Crippen molar-refractivity contribution in [2.75, 3.05) is 18.4 Å². The van der Waals surface area contributed by atoms with Crippen LogP contribution in [-0.2, 0) is 0 Å². The molecule has 30 heavy (non-hydrogen) atoms. The first-order valence-corrected chi connectivity index (χ1v) is 10.3. The van der Waals surface area contributed by atoms with Crippen LogP contribution in [0.4, 0.5) is 5.95 Å². The van der Waals surface area contributed by atoms with E-state index in [1.807, 2.05) is 24.1 Å². The van der Waals surface area contributed by atoms with Crippen LogP contribution in [0, 0.1) is 6.92 Å². The van der Waals surface area contributed by atoms with Crippen molar-refractivity contribution in [2.45, 2.75) is 45.6 Å². The van der Waals surface area contributed by atoms with Crippen LogP contribution >= 0.6 is 0 Å². The number of likely N-dealkylation sites (tertiary alicyclic amines) is 1. The molecule has 1 aliphatic heterocycles. The molecule has 0 saturated carbocycles. The van der Waals surface area contributed by atoms with Crippen LogP contribution in [0.5, 0.6) is 0 Å². The minimum atomic E-state index is 0.0479. The van der Waals surface area contributed by atoms with Gasteiger partial charge >= 0.3 is 0 Å². The van der Waals surface area contributed by atoms with Gasteiger partial charge in [0.1, 0.15) is 0 Å². The Bertz CT molecular complexity index is 1010. The summed E-state index contributed by atoms with van der Waals surface area (Å²) in [7, 11) is 0. The van der Waals surface area contributed by atoms with Gasteiger partial charge in [0.2, 0.25) is 5.95 Å². The fourth-order valence-corrected chi connectivity index (χ4v) is 3.75. The summed E-state index contributed by atoms with van der Waals surface area (Å²) < 4.78 is 5.50. The van der Waals surface area contributed by atoms with Crippen molar-refractivity contribution < 1.29 is 9.32 Å². The zero-order valence-electron chi connectivity index (χ0n) is 17.5. The molecule has 156 valence electrons. The third-order valence-corrected chi connectivity index (χ3v) is 5.23. The molecule has 4 rings (SSSR count). The van der Waals surface area contributed by atoms with Gasteiger partial charge in [0.05, 0.1) is 17.0 Å². The minimum Gasteiger partial charge on any atom is -0.356 e. The molecular formula is C22H26N6O2. The van der Waals surface area contributed by atoms with Gasteiger partial charge in [-0.15, -0.1) is 0 Å². The molecule has 0 atom stereocenters. The van der Waals surface area contributed by atoms with Gasteiger partial charge in [0.15, 0.2) is 5.76 Å². The van der Waals surface area contributed by atoms with Gasteiger partial charge in [-0.2, -0.15) is 0 Å². The smallest absolute Gasteiger partial charge is 0.253 e. The zero-order valence-corrected chi connectivity index (χ0v) is 17.5. The highest BCUT2D eigenvalue weighted by Gasteiger charge is 2.28. The zero-order chi connectivity index (χ0) is 21.1. The van der Waals surface area contributed by atoms with Crippen molar-refractivity contribution in [3.05, 3.63) is 53.7 Å². The molecule has 0 unspecified atom stereocenters. The number of aromatic nitrogens is 4. The number of carbonyl (C=O) groups is 1. The Morgan fingerprint density at radius 2 is 1.97 bits per heavy atom. The molecule has 0 bridgehead atoms. The summed E-state index contributed by atoms with van der Waals surface area (Å²) in [6, 6.07) is 5.65. The van der Waals surface area contributed by atoms with Gasteiger partial charge < -0.3 is 14.7 Å². The number of hydrogen-bond acceptors (Lipinski definition) is 7. The number of pyridine rings is 1. The van der Waals surface area contributed by atoms with Crippen LogP contribution in [0.25, 0.3) is 11.3 Å². The van der Waals surface area contributed by atoms with Crippen molar-refractivity contribution in [2.24, 2.45) is 0 Å². The van der Waals surface area contributed by atoms with E-state index in [-0.39, 0.29) is 17.9 Å². The summed E-state index contributed by atoms with van der Waals surface area (Å²) in [5, 5.41) is 7.29. The Morgan fingerprint density at radius 1 is 1.23 bits per heavy atom. The van der Waals surface area contributed by atoms with Crippen LogP contribution in [0.1, 0.15) is 54.4 Å². The van der Waals surface area contributed by atoms with Crippen LogP contribution in [0.15, 0.2) is 41.3 Å². The number of hydrogen-bond donors (Lipinski definition) is 1. The monoisotopic (exact) mass is 406 g/mol. The summed E-state index contributed by atoms with van der Waals surface area (Å²) in [6.45, 7) is 7.36. The van der Waals surface area contributed by atoms with E-state index in [0.29, 0.717) is 30.4 Å². The van der Waals surface area contributed by atoms with Crippen molar-refractivity contribution >= 4 is 11.9 Å². The summed E-state index contributed by atoms with van der Waals surface area (Å²) in [5.41, 5.74) is 3.30. The van der Waals surface area contributed by atoms with Crippen molar-refractivity contribution in [3.63, 3.8) is 0 Å². The Kier molecular flexibility index (Phi) is 5.74. The maximum absolute atomic E-state index is 12.7. The molecular weight excluding hydrogens is 380 g/mol. The Balaban J connectivity index is 1.56. The fourth-order valence-electron chi connectivity index (χ4n) is 3.75. The molecule has 1 fully saturated rings. The number of piperidine rings is 1. The van der Waals surface area contributed by atoms with E-state index in [1.54, 1.807) is 24.5 Å². The molecule has 1 aliphatic rings. The van der Waals surface area contributed by atoms with Gasteiger partial charge in [-0.05, 0) is 45.7 Å². The molecule has 3 aromatic rings. The Hall–Kier alpha value is -3.29. The Labute approximate surface area is 175 Å². The number of amides is 1. The third-order valence-electron chi connectivity index (χ3n) is 5.23. The molecule has 1 amide bonds. The van der Waals surface area contributed by atoms with Gasteiger partial charge in [-0.25, -0.2) is 9.97 Å². The maximum atomic E-state index is 12.7. The van der Waals surface area contributed by atoms with E-state index in [2.05, 4.69) is 34.3 Å². The van der Waals surface area contributed by atoms with E-state index in [9.17, 15) is 4.79 Å². The SMILES string of the molecule is Cc1cc(-c2cnc(NC(C)C)nc2C2CCN(C(=O)c3ccncc3)CC2)on1. The standard InChI is InChI=1S/C22H26N6O2/c1-14(2)25-22-24-13-18(19-12-15(3)27-30-19)20(26-22)16-6-10-28(11-7-16)21(29)17-4-8-23-9-5-17/h4-5,8-9,12-14,16H,6-7,10-11H2,1-3H3,(H,24,25,26). The third kappa shape index (κ3) is 4.32. The second kappa shape index (κ2) is 8.61. The Morgan fingerprint density at radius 3 is 2.60 bits per heavy atom. The molecule has 0 aromatic carbocycles. The van der Waals surface area contributed by atoms with Crippen molar-refractivity contribution in [1.82, 2.24) is 25.0 Å². The van der Waals surface area contributed by atoms with Crippen LogP contribution in [0.3, 0.4) is 0 Å². The first-order chi connectivity index (χ1) is 14.5. The predicted molar refractivity (Wildman–Crippen MR) is 113 cm³/mol. The van der Waals surface area contributed by atoms with Crippen molar-refractivity contribution in [3.8, 4) is 11.3 Å². The van der Waals surface area contributed by atoms with Crippen LogP contribution in [0.2, 0.25) is 0 Å². The van der Waals surface area contributed by atoms with Crippen molar-refractivity contribution in [1.29, 1.82) is 0 Å². The number of rotatable bonds is 5. The van der Waals surface area contributed by atoms with E-state index < -0.39 is 0 Å². The maximum Gasteiger partial charge on any atom is 0.253 e. The number of nitrogens with one attached hydrogen (secondary N) is 1. The average molecular weight is 406 g/mol. The fraction of sp³-hybridized carbons (Fsp3) is 0.409. The number of aryl methyl sites for hydroxylation is 1. The molecule has 1 N–H and O–H groups in total. The molecule has 0 spiro atoms. The molecule has 0 aliphatic carbocycles. The average Bonchev–Trinajstić information content (AvgIpc) is 3.19. The summed E-state index contributed by atoms with van der Waals surface area (Å²) in [6.07, 6.45) is 6.76. The van der Waals surface area contributed by atoms with E-state index in [4.69, 9.17) is 9.51 Å². The second-order valence-electron chi connectivity index (χ2n) is 7.93. The topological polar surface area (TPSA) is 97.0 Å². The van der Waals surface area contributed by atoms with Crippen LogP contribution in [-0.4, -0.2) is 50.0 Å². The molecule has 0 radical (unpaired) electrons. The normalized spacial score (nSPS) is 14.9. The highest BCUT2D eigenvalue weighted by atomic mass is 16.5. The first kappa shape index (κ1) is 20.0. The predicted octanol–water partition coefficient (Wildman–Crippen LogP) is 3.68. The van der Waals surface area contributed by atoms with E-state index in [0.717, 1.165) is 29.8 Å². The largest absolute Gasteiger partial charge is 0.356 e. The molecule has 8 nitrogen and oxygen atoms in total. The van der Waals surface area contributed by atoms with Gasteiger partial charge in [0.25, 0.3) is 5.91 Å². The summed E-state index contributed by atoms with van der Waals surface area (Å²) >= 11 is 0. The highest BCUT2D eigenvalue weighted by Crippen LogP contribution is 2.35. The molecule has 1 saturated heterocycles. The summed E-state index contributed by atoms with van der Waals surface area (Å²) in [4.78, 5) is 27.9. The number of anilines is 1. The van der Waals surface area contributed by atoms with Gasteiger partial charge in [-0.1, -0.05) is 5.16 Å². The molecule has 4 heterocycles. The highest BCUT2D eigenvalue weighted by molar-refractivity contribution is 5.94. The van der Waals surface area contributed by atoms with E-state index in [1.165, 1.54) is 0 Å². The lowest BCUT2D eigenvalue weighted by atomic mass is 9.90. The minimum absolute atomic E-state index is 0.0479. The number of nitrogens with zero attached hydrogens (tertiary/aromatic N) is 5. The van der Waals surface area contributed by atoms with E-state index >= 15 is 0 Å². The second-order valence-corrected chi connectivity index (χ2v) is 7.93. The lowest BCUT2D eigenvalue weighted by molar-refractivity contribution is 0.0712. The lowest BCUT2D eigenvalue weighted by Gasteiger charge is -2.32. The summed E-state index contributed by atoms with van der Waals surface area (Å²) in [5.74, 6) is 1.54. The van der Waals surface area contributed by atoms with Gasteiger partial charge in [-0.3, -0.25) is 9.78 Å². The lowest BCUT2D eigenvalue weighted by Crippen LogP contribution is -2.38. The molecule has 8 heteroatoms. The first-order valence-electron chi connectivity index (χ1n) is 10.3.